The molecule has 5 heteroatoms. The van der Waals surface area contributed by atoms with Crippen LogP contribution in [0.4, 0.5) is 4.79 Å². The van der Waals surface area contributed by atoms with Crippen LogP contribution in [0, 0.1) is 13.8 Å². The fourth-order valence-electron chi connectivity index (χ4n) is 1.16. The Morgan fingerprint density at radius 2 is 2.07 bits per heavy atom. The second-order valence-electron chi connectivity index (χ2n) is 3.14. The number of aryl methyl sites for hydroxylation is 2. The molecule has 0 amide bonds. The zero-order valence-corrected chi connectivity index (χ0v) is 9.90. The normalized spacial score (nSPS) is 9.13. The highest BCUT2D eigenvalue weighted by molar-refractivity contribution is 5.53. The first kappa shape index (κ1) is 13.5. The fraction of sp³-hybridized carbons (Fsp3) is 0.600. The Labute approximate surface area is 89.9 Å². The Hall–Kier alpha value is -1.52. The highest BCUT2D eigenvalue weighted by atomic mass is 16.6. The monoisotopic (exact) mass is 214 g/mol. The Morgan fingerprint density at radius 1 is 1.60 bits per heavy atom. The summed E-state index contributed by atoms with van der Waals surface area (Å²) in [6.07, 6.45) is 0.634. The van der Waals surface area contributed by atoms with Gasteiger partial charge >= 0.3 is 0 Å². The van der Waals surface area contributed by atoms with Gasteiger partial charge in [0.2, 0.25) is 6.33 Å². The lowest BCUT2D eigenvalue weighted by Crippen LogP contribution is -2.32. The van der Waals surface area contributed by atoms with Crippen molar-refractivity contribution >= 4 is 6.16 Å². The number of hydrogen-bond acceptors (Lipinski definition) is 3. The first-order valence-corrected chi connectivity index (χ1v) is 4.70. The lowest BCUT2D eigenvalue weighted by Gasteiger charge is -1.92. The molecule has 0 aliphatic heterocycles. The fourth-order valence-corrected chi connectivity index (χ4v) is 1.16. The third-order valence-electron chi connectivity index (χ3n) is 2.30. The molecule has 0 spiro atoms. The Morgan fingerprint density at radius 3 is 2.20 bits per heavy atom. The van der Waals surface area contributed by atoms with Crippen molar-refractivity contribution in [3.8, 4) is 0 Å². The van der Waals surface area contributed by atoms with Crippen LogP contribution in [0.1, 0.15) is 18.3 Å². The highest BCUT2D eigenvalue weighted by Crippen LogP contribution is 1.98. The summed E-state index contributed by atoms with van der Waals surface area (Å²) in [6.45, 7) is 7.51. The molecule has 0 unspecified atom stereocenters. The second-order valence-corrected chi connectivity index (χ2v) is 3.14. The maximum atomic E-state index is 9.03. The molecule has 0 aliphatic carbocycles. The van der Waals surface area contributed by atoms with Gasteiger partial charge in [0.1, 0.15) is 11.4 Å². The summed E-state index contributed by atoms with van der Waals surface area (Å²) in [5.74, 6) is 0. The van der Waals surface area contributed by atoms with Gasteiger partial charge in [0, 0.05) is 21.0 Å². The van der Waals surface area contributed by atoms with Crippen molar-refractivity contribution in [2.45, 2.75) is 27.3 Å². The van der Waals surface area contributed by atoms with Crippen LogP contribution < -0.4 is 9.67 Å². The average molecular weight is 214 g/mol. The van der Waals surface area contributed by atoms with Crippen molar-refractivity contribution in [3.05, 3.63) is 17.7 Å². The van der Waals surface area contributed by atoms with E-state index in [0.717, 1.165) is 13.7 Å². The number of rotatable bonds is 1. The molecule has 0 N–H and O–H groups in total. The van der Waals surface area contributed by atoms with Crippen LogP contribution in [-0.4, -0.2) is 17.8 Å². The molecule has 0 fully saturated rings. The van der Waals surface area contributed by atoms with Crippen molar-refractivity contribution in [2.24, 2.45) is 7.05 Å². The third-order valence-corrected chi connectivity index (χ3v) is 2.30. The number of ether oxygens (including phenoxy) is 1. The third kappa shape index (κ3) is 4.01. The van der Waals surface area contributed by atoms with Crippen LogP contribution in [0.3, 0.4) is 0 Å². The van der Waals surface area contributed by atoms with E-state index in [0.29, 0.717) is 0 Å². The standard InChI is InChI=1S/C8H15N2.C2H4O3/c1-5-10-6-9(4)7(2)8(10)3;1-5-2(3)4/h6H,5H2,1-4H3;1H3,(H,3,4)/q+1;/p-1. The van der Waals surface area contributed by atoms with Crippen LogP contribution in [0.25, 0.3) is 0 Å². The number of carbonyl (C=O) groups is 1. The molecular weight excluding hydrogens is 196 g/mol. The predicted molar refractivity (Wildman–Crippen MR) is 53.2 cm³/mol. The molecule has 1 rings (SSSR count). The van der Waals surface area contributed by atoms with Gasteiger partial charge in [-0.15, -0.1) is 0 Å². The highest BCUT2D eigenvalue weighted by Gasteiger charge is 2.09. The molecule has 0 aliphatic rings. The maximum absolute atomic E-state index is 9.03. The number of nitrogens with zero attached hydrogens (tertiary/aromatic N) is 2. The van der Waals surface area contributed by atoms with Gasteiger partial charge in [-0.2, -0.15) is 0 Å². The predicted octanol–water partition coefficient (Wildman–Crippen LogP) is -0.0746. The van der Waals surface area contributed by atoms with E-state index in [9.17, 15) is 0 Å². The summed E-state index contributed by atoms with van der Waals surface area (Å²) in [6, 6.07) is 0. The SMILES string of the molecule is CC[n+]1cn(C)c(C)c1C.COC(=O)[O-]. The summed E-state index contributed by atoms with van der Waals surface area (Å²) in [7, 11) is 3.11. The van der Waals surface area contributed by atoms with E-state index in [1.54, 1.807) is 0 Å². The number of aromatic nitrogens is 2. The summed E-state index contributed by atoms with van der Waals surface area (Å²) in [5.41, 5.74) is 2.71. The first-order valence-electron chi connectivity index (χ1n) is 4.70. The van der Waals surface area contributed by atoms with Crippen LogP contribution in [-0.2, 0) is 18.3 Å². The van der Waals surface area contributed by atoms with Crippen LogP contribution in [0.5, 0.6) is 0 Å². The molecule has 0 saturated heterocycles. The summed E-state index contributed by atoms with van der Waals surface area (Å²) >= 11 is 0. The minimum Gasteiger partial charge on any atom is -0.553 e. The van der Waals surface area contributed by atoms with Crippen LogP contribution in [0.2, 0.25) is 0 Å². The summed E-state index contributed by atoms with van der Waals surface area (Å²) in [4.78, 5) is 9.03. The zero-order chi connectivity index (χ0) is 12.0. The van der Waals surface area contributed by atoms with Gasteiger partial charge in [-0.3, -0.25) is 0 Å². The lowest BCUT2D eigenvalue weighted by molar-refractivity contribution is -0.698. The molecule has 1 aromatic heterocycles. The van der Waals surface area contributed by atoms with E-state index in [1.807, 2.05) is 0 Å². The van der Waals surface area contributed by atoms with Crippen molar-refractivity contribution in [2.75, 3.05) is 7.11 Å². The zero-order valence-electron chi connectivity index (χ0n) is 9.90. The number of carbonyl (C=O) groups excluding carboxylic acids is 1. The number of carboxylic acid groups (broad SMARTS) is 1. The lowest BCUT2D eigenvalue weighted by atomic mass is 10.4. The number of imidazole rings is 1. The van der Waals surface area contributed by atoms with Crippen molar-refractivity contribution in [1.29, 1.82) is 0 Å². The topological polar surface area (TPSA) is 58.2 Å². The van der Waals surface area contributed by atoms with Gasteiger partial charge in [0.25, 0.3) is 6.16 Å². The summed E-state index contributed by atoms with van der Waals surface area (Å²) in [5, 5.41) is 9.03. The Kier molecular flexibility index (Phi) is 5.44. The Balaban J connectivity index is 0.000000336. The molecule has 86 valence electrons. The quantitative estimate of drug-likeness (QED) is 0.485. The molecular formula is C10H18N2O3. The van der Waals surface area contributed by atoms with E-state index in [1.165, 1.54) is 11.4 Å². The molecule has 0 atom stereocenters. The van der Waals surface area contributed by atoms with E-state index in [4.69, 9.17) is 9.90 Å². The van der Waals surface area contributed by atoms with Crippen LogP contribution >= 0.6 is 0 Å². The average Bonchev–Trinajstić information content (AvgIpc) is 2.46. The molecule has 0 aromatic carbocycles. The maximum Gasteiger partial charge on any atom is 0.251 e. The van der Waals surface area contributed by atoms with Crippen molar-refractivity contribution < 1.29 is 19.2 Å². The number of hydrogen-bond donors (Lipinski definition) is 0. The molecule has 15 heavy (non-hydrogen) atoms. The number of methoxy groups -OCH3 is 1. The van der Waals surface area contributed by atoms with E-state index in [-0.39, 0.29) is 0 Å². The van der Waals surface area contributed by atoms with Crippen LogP contribution in [0.15, 0.2) is 6.33 Å². The molecule has 5 nitrogen and oxygen atoms in total. The van der Waals surface area contributed by atoms with Gasteiger partial charge in [0.15, 0.2) is 0 Å². The smallest absolute Gasteiger partial charge is 0.251 e. The van der Waals surface area contributed by atoms with Crippen molar-refractivity contribution in [3.63, 3.8) is 0 Å². The van der Waals surface area contributed by atoms with Crippen molar-refractivity contribution in [1.82, 2.24) is 4.57 Å². The molecule has 1 heterocycles. The van der Waals surface area contributed by atoms with E-state index in [2.05, 4.69) is 48.0 Å². The Bertz CT molecular complexity index is 332. The first-order chi connectivity index (χ1) is 6.93. The summed E-state index contributed by atoms with van der Waals surface area (Å²) < 4.78 is 7.95. The minimum absolute atomic E-state index is 1.04. The van der Waals surface area contributed by atoms with E-state index < -0.39 is 6.16 Å². The minimum atomic E-state index is -1.50. The molecule has 1 aromatic rings. The molecule has 0 bridgehead atoms. The largest absolute Gasteiger partial charge is 0.553 e. The molecule has 0 saturated carbocycles. The van der Waals surface area contributed by atoms with Gasteiger partial charge < -0.3 is 14.6 Å². The van der Waals surface area contributed by atoms with Gasteiger partial charge in [-0.1, -0.05) is 0 Å². The van der Waals surface area contributed by atoms with Gasteiger partial charge in [-0.05, 0) is 6.92 Å². The second kappa shape index (κ2) is 6.06. The van der Waals surface area contributed by atoms with Gasteiger partial charge in [-0.25, -0.2) is 9.13 Å². The van der Waals surface area contributed by atoms with E-state index >= 15 is 0 Å². The van der Waals surface area contributed by atoms with Gasteiger partial charge in [0.05, 0.1) is 13.6 Å². The molecule has 0 radical (unpaired) electrons.